The lowest BCUT2D eigenvalue weighted by Crippen LogP contribution is -2.40. The van der Waals surface area contributed by atoms with Crippen LogP contribution in [0, 0.1) is 6.92 Å². The van der Waals surface area contributed by atoms with Crippen LogP contribution in [-0.4, -0.2) is 48.4 Å². The number of aromatic nitrogens is 2. The zero-order valence-corrected chi connectivity index (χ0v) is 18.9. The molecule has 3 rings (SSSR count). The molecule has 1 fully saturated rings. The maximum absolute atomic E-state index is 12.4. The quantitative estimate of drug-likeness (QED) is 0.650. The summed E-state index contributed by atoms with van der Waals surface area (Å²) in [6.45, 7) is 1.92. The van der Waals surface area contributed by atoms with Gasteiger partial charge in [0.15, 0.2) is 0 Å². The third kappa shape index (κ3) is 7.44. The molecular weight excluding hydrogens is 447 g/mol. The van der Waals surface area contributed by atoms with Crippen molar-refractivity contribution in [1.29, 1.82) is 0 Å². The Hall–Kier alpha value is -2.75. The van der Waals surface area contributed by atoms with Gasteiger partial charge in [-0.2, -0.15) is 4.98 Å². The summed E-state index contributed by atoms with van der Waals surface area (Å²) in [5.41, 5.74) is 1.17. The van der Waals surface area contributed by atoms with Crippen LogP contribution in [0.5, 0.6) is 5.75 Å². The summed E-state index contributed by atoms with van der Waals surface area (Å²) in [4.78, 5) is 23.3. The van der Waals surface area contributed by atoms with Crippen LogP contribution in [0.3, 0.4) is 0 Å². The predicted octanol–water partition coefficient (Wildman–Crippen LogP) is 4.32. The minimum atomic E-state index is -4.76. The molecule has 176 valence electrons. The van der Waals surface area contributed by atoms with Crippen LogP contribution in [0.15, 0.2) is 30.3 Å². The number of hydrogen-bond donors (Lipinski definition) is 2. The van der Waals surface area contributed by atoms with Crippen LogP contribution in [0.2, 0.25) is 0 Å². The van der Waals surface area contributed by atoms with Crippen molar-refractivity contribution >= 4 is 30.1 Å². The fourth-order valence-electron chi connectivity index (χ4n) is 3.49. The average molecular weight is 474 g/mol. The molecule has 1 saturated carbocycles. The smallest absolute Gasteiger partial charge is 0.406 e. The van der Waals surface area contributed by atoms with E-state index in [9.17, 15) is 18.0 Å². The highest BCUT2D eigenvalue weighted by atomic mass is 35.5. The van der Waals surface area contributed by atoms with E-state index in [1.807, 2.05) is 32.0 Å². The van der Waals surface area contributed by atoms with Crippen molar-refractivity contribution in [3.63, 3.8) is 0 Å². The van der Waals surface area contributed by atoms with E-state index in [1.165, 1.54) is 12.1 Å². The van der Waals surface area contributed by atoms with Crippen molar-refractivity contribution in [3.8, 4) is 5.75 Å². The van der Waals surface area contributed by atoms with Crippen LogP contribution >= 0.6 is 12.4 Å². The Morgan fingerprint density at radius 2 is 1.66 bits per heavy atom. The number of rotatable bonds is 6. The maximum Gasteiger partial charge on any atom is 0.573 e. The van der Waals surface area contributed by atoms with Gasteiger partial charge in [0.1, 0.15) is 11.6 Å². The molecule has 1 aromatic carbocycles. The van der Waals surface area contributed by atoms with Crippen molar-refractivity contribution in [2.45, 2.75) is 51.1 Å². The van der Waals surface area contributed by atoms with Crippen LogP contribution in [0.25, 0.3) is 0 Å². The van der Waals surface area contributed by atoms with Gasteiger partial charge >= 0.3 is 6.36 Å². The Kier molecular flexibility index (Phi) is 8.54. The number of nitrogens with one attached hydrogen (secondary N) is 2. The third-order valence-electron chi connectivity index (χ3n) is 5.04. The maximum atomic E-state index is 12.4. The summed E-state index contributed by atoms with van der Waals surface area (Å²) in [7, 11) is 3.85. The minimum Gasteiger partial charge on any atom is -0.406 e. The molecule has 0 unspecified atom stereocenters. The molecule has 1 heterocycles. The van der Waals surface area contributed by atoms with Gasteiger partial charge in [0.2, 0.25) is 5.95 Å². The predicted molar refractivity (Wildman–Crippen MR) is 119 cm³/mol. The van der Waals surface area contributed by atoms with E-state index in [0.717, 1.165) is 49.3 Å². The monoisotopic (exact) mass is 473 g/mol. The Bertz CT molecular complexity index is 901. The summed E-state index contributed by atoms with van der Waals surface area (Å²) in [6.07, 6.45) is -1.50. The molecule has 0 spiro atoms. The van der Waals surface area contributed by atoms with Gasteiger partial charge in [-0.25, -0.2) is 4.98 Å². The van der Waals surface area contributed by atoms with E-state index in [2.05, 4.69) is 25.3 Å². The fourth-order valence-corrected chi connectivity index (χ4v) is 3.49. The molecule has 0 atom stereocenters. The summed E-state index contributed by atoms with van der Waals surface area (Å²) in [6, 6.07) is 7.04. The number of benzene rings is 1. The molecule has 0 aliphatic heterocycles. The highest BCUT2D eigenvalue weighted by molar-refractivity contribution is 5.94. The van der Waals surface area contributed by atoms with Gasteiger partial charge in [-0.15, -0.1) is 25.6 Å². The first-order chi connectivity index (χ1) is 14.6. The van der Waals surface area contributed by atoms with E-state index in [-0.39, 0.29) is 36.1 Å². The van der Waals surface area contributed by atoms with Crippen molar-refractivity contribution in [2.24, 2.45) is 0 Å². The fraction of sp³-hybridized carbons (Fsp3) is 0.476. The topological polar surface area (TPSA) is 79.4 Å². The number of aryl methyl sites for hydroxylation is 1. The van der Waals surface area contributed by atoms with E-state index >= 15 is 0 Å². The highest BCUT2D eigenvalue weighted by Gasteiger charge is 2.31. The second kappa shape index (κ2) is 10.7. The van der Waals surface area contributed by atoms with Gasteiger partial charge in [-0.3, -0.25) is 4.79 Å². The Labute approximate surface area is 191 Å². The van der Waals surface area contributed by atoms with Gasteiger partial charge in [-0.1, -0.05) is 0 Å². The number of anilines is 2. The van der Waals surface area contributed by atoms with Crippen LogP contribution in [0.4, 0.5) is 24.9 Å². The van der Waals surface area contributed by atoms with Crippen LogP contribution in [-0.2, 0) is 0 Å². The first-order valence-electron chi connectivity index (χ1n) is 10.1. The molecule has 11 heteroatoms. The Balaban J connectivity index is 0.00000363. The van der Waals surface area contributed by atoms with Gasteiger partial charge in [0, 0.05) is 43.5 Å². The number of hydrogen-bond acceptors (Lipinski definition) is 6. The number of carbonyl (C=O) groups excluding carboxylic acids is 1. The van der Waals surface area contributed by atoms with Gasteiger partial charge in [0.05, 0.1) is 0 Å². The van der Waals surface area contributed by atoms with Gasteiger partial charge in [-0.05, 0) is 56.9 Å². The van der Waals surface area contributed by atoms with E-state index in [4.69, 9.17) is 0 Å². The zero-order chi connectivity index (χ0) is 22.6. The Morgan fingerprint density at radius 3 is 2.22 bits per heavy atom. The normalized spacial score (nSPS) is 18.3. The highest BCUT2D eigenvalue weighted by Crippen LogP contribution is 2.24. The van der Waals surface area contributed by atoms with E-state index in [1.54, 1.807) is 0 Å². The standard InChI is InChI=1S/C21H26F3N5O2.ClH/c1-13-12-18(29(2)3)28-20(25-13)27-16-8-6-15(7-9-16)26-19(30)14-4-10-17(11-5-14)31-21(22,23)24;/h4-5,10-12,15-16H,6-9H2,1-3H3,(H,26,30)(H,25,27,28);1H. The molecule has 1 aromatic heterocycles. The molecule has 0 saturated heterocycles. The molecule has 2 N–H and O–H groups in total. The minimum absolute atomic E-state index is 0. The summed E-state index contributed by atoms with van der Waals surface area (Å²) < 4.78 is 40.5. The first kappa shape index (κ1) is 25.5. The van der Waals surface area contributed by atoms with Crippen molar-refractivity contribution in [1.82, 2.24) is 15.3 Å². The summed E-state index contributed by atoms with van der Waals surface area (Å²) >= 11 is 0. The molecule has 32 heavy (non-hydrogen) atoms. The van der Waals surface area contributed by atoms with Crippen LogP contribution in [0.1, 0.15) is 41.7 Å². The number of ether oxygens (including phenoxy) is 1. The molecular formula is C21H27ClF3N5O2. The largest absolute Gasteiger partial charge is 0.573 e. The number of carbonyl (C=O) groups is 1. The van der Waals surface area contributed by atoms with Crippen molar-refractivity contribution < 1.29 is 22.7 Å². The molecule has 1 amide bonds. The first-order valence-corrected chi connectivity index (χ1v) is 10.1. The second-order valence-electron chi connectivity index (χ2n) is 7.82. The molecule has 1 aliphatic rings. The number of halogens is 4. The van der Waals surface area contributed by atoms with Crippen molar-refractivity contribution in [3.05, 3.63) is 41.6 Å². The molecule has 0 bridgehead atoms. The van der Waals surface area contributed by atoms with Crippen molar-refractivity contribution in [2.75, 3.05) is 24.3 Å². The molecule has 2 aromatic rings. The molecule has 1 aliphatic carbocycles. The third-order valence-corrected chi connectivity index (χ3v) is 5.04. The lowest BCUT2D eigenvalue weighted by molar-refractivity contribution is -0.274. The Morgan fingerprint density at radius 1 is 1.06 bits per heavy atom. The summed E-state index contributed by atoms with van der Waals surface area (Å²) in [5.74, 6) is 0.763. The second-order valence-corrected chi connectivity index (χ2v) is 7.82. The number of amides is 1. The molecule has 0 radical (unpaired) electrons. The van der Waals surface area contributed by atoms with Gasteiger partial charge < -0.3 is 20.3 Å². The SMILES string of the molecule is Cc1cc(N(C)C)nc(NC2CCC(NC(=O)c3ccc(OC(F)(F)F)cc3)CC2)n1.Cl. The van der Waals surface area contributed by atoms with Gasteiger partial charge in [0.25, 0.3) is 5.91 Å². The lowest BCUT2D eigenvalue weighted by atomic mass is 9.91. The summed E-state index contributed by atoms with van der Waals surface area (Å²) in [5, 5.41) is 6.33. The lowest BCUT2D eigenvalue weighted by Gasteiger charge is -2.30. The zero-order valence-electron chi connectivity index (χ0n) is 18.1. The van der Waals surface area contributed by atoms with E-state index < -0.39 is 6.36 Å². The average Bonchev–Trinajstić information content (AvgIpc) is 2.68. The number of alkyl halides is 3. The van der Waals surface area contributed by atoms with E-state index in [0.29, 0.717) is 11.5 Å². The number of nitrogens with zero attached hydrogens (tertiary/aromatic N) is 3. The molecule has 7 nitrogen and oxygen atoms in total. The van der Waals surface area contributed by atoms with Crippen LogP contribution < -0.4 is 20.3 Å².